The summed E-state index contributed by atoms with van der Waals surface area (Å²) in [4.78, 5) is 7.84. The number of aromatic nitrogens is 2. The van der Waals surface area contributed by atoms with Crippen molar-refractivity contribution in [2.75, 3.05) is 0 Å². The molecule has 94 valence electrons. The lowest BCUT2D eigenvalue weighted by Gasteiger charge is -2.16. The fourth-order valence-electron chi connectivity index (χ4n) is 1.69. The van der Waals surface area contributed by atoms with Crippen LogP contribution < -0.4 is 11.3 Å². The Labute approximate surface area is 109 Å². The van der Waals surface area contributed by atoms with Crippen LogP contribution in [0.3, 0.4) is 0 Å². The number of nitrogens with zero attached hydrogens (tertiary/aromatic N) is 2. The maximum absolute atomic E-state index is 13.3. The fourth-order valence-corrected chi connectivity index (χ4v) is 1.89. The predicted octanol–water partition coefficient (Wildman–Crippen LogP) is 2.02. The van der Waals surface area contributed by atoms with Gasteiger partial charge in [-0.25, -0.2) is 14.4 Å². The zero-order valence-corrected chi connectivity index (χ0v) is 10.2. The van der Waals surface area contributed by atoms with Gasteiger partial charge in [0.15, 0.2) is 0 Å². The minimum atomic E-state index is -0.436. The molecule has 0 spiro atoms. The Hall–Kier alpha value is -1.56. The van der Waals surface area contributed by atoms with Crippen LogP contribution in [-0.2, 0) is 6.42 Å². The summed E-state index contributed by atoms with van der Waals surface area (Å²) in [5.74, 6) is 5.06. The standard InChI is InChI=1S/C12H12ClFN4/c13-12-8(2-1-3-10(12)14)4-11(18-15)9-5-16-7-17-6-9/h1-3,5-7,11,18H,4,15H2. The summed E-state index contributed by atoms with van der Waals surface area (Å²) >= 11 is 5.91. The van der Waals surface area contributed by atoms with Gasteiger partial charge in [0.2, 0.25) is 0 Å². The second-order valence-corrected chi connectivity index (χ2v) is 4.19. The average Bonchev–Trinajstić information content (AvgIpc) is 2.41. The van der Waals surface area contributed by atoms with Gasteiger partial charge in [-0.2, -0.15) is 0 Å². The molecule has 0 amide bonds. The molecule has 0 fully saturated rings. The Kier molecular flexibility index (Phi) is 4.19. The van der Waals surface area contributed by atoms with Crippen LogP contribution in [0.2, 0.25) is 5.02 Å². The molecule has 0 aliphatic heterocycles. The largest absolute Gasteiger partial charge is 0.271 e. The van der Waals surface area contributed by atoms with Gasteiger partial charge in [-0.1, -0.05) is 23.7 Å². The summed E-state index contributed by atoms with van der Waals surface area (Å²) < 4.78 is 13.3. The van der Waals surface area contributed by atoms with Gasteiger partial charge >= 0.3 is 0 Å². The summed E-state index contributed by atoms with van der Waals surface area (Å²) in [7, 11) is 0. The molecular weight excluding hydrogens is 255 g/mol. The van der Waals surface area contributed by atoms with Crippen molar-refractivity contribution in [2.45, 2.75) is 12.5 Å². The number of hydrogen-bond donors (Lipinski definition) is 2. The molecule has 6 heteroatoms. The molecule has 0 aliphatic carbocycles. The lowest BCUT2D eigenvalue weighted by atomic mass is 10.0. The molecule has 0 saturated carbocycles. The number of nitrogens with one attached hydrogen (secondary N) is 1. The van der Waals surface area contributed by atoms with Gasteiger partial charge in [0.1, 0.15) is 12.1 Å². The molecule has 2 aromatic rings. The van der Waals surface area contributed by atoms with E-state index in [1.807, 2.05) is 0 Å². The molecule has 1 aromatic heterocycles. The molecule has 1 atom stereocenters. The van der Waals surface area contributed by atoms with Crippen LogP contribution in [0.15, 0.2) is 36.9 Å². The third-order valence-electron chi connectivity index (χ3n) is 2.64. The first kappa shape index (κ1) is 12.9. The number of nitrogens with two attached hydrogens (primary N) is 1. The van der Waals surface area contributed by atoms with Crippen molar-refractivity contribution < 1.29 is 4.39 Å². The number of benzene rings is 1. The monoisotopic (exact) mass is 266 g/mol. The molecule has 1 heterocycles. The lowest BCUT2D eigenvalue weighted by Crippen LogP contribution is -2.29. The van der Waals surface area contributed by atoms with Crippen LogP contribution in [0.1, 0.15) is 17.2 Å². The van der Waals surface area contributed by atoms with Crippen molar-refractivity contribution in [2.24, 2.45) is 5.84 Å². The minimum Gasteiger partial charge on any atom is -0.271 e. The molecular formula is C12H12ClFN4. The van der Waals surface area contributed by atoms with E-state index in [0.717, 1.165) is 5.56 Å². The maximum Gasteiger partial charge on any atom is 0.142 e. The van der Waals surface area contributed by atoms with Gasteiger partial charge in [-0.05, 0) is 18.1 Å². The lowest BCUT2D eigenvalue weighted by molar-refractivity contribution is 0.545. The number of rotatable bonds is 4. The van der Waals surface area contributed by atoms with Crippen LogP contribution >= 0.6 is 11.6 Å². The van der Waals surface area contributed by atoms with E-state index in [-0.39, 0.29) is 11.1 Å². The average molecular weight is 267 g/mol. The topological polar surface area (TPSA) is 63.8 Å². The van der Waals surface area contributed by atoms with E-state index >= 15 is 0 Å². The van der Waals surface area contributed by atoms with Gasteiger partial charge in [-0.15, -0.1) is 0 Å². The Morgan fingerprint density at radius 2 is 2.06 bits per heavy atom. The fraction of sp³-hybridized carbons (Fsp3) is 0.167. The van der Waals surface area contributed by atoms with Crippen LogP contribution in [0.4, 0.5) is 4.39 Å². The molecule has 1 aromatic carbocycles. The quantitative estimate of drug-likeness (QED) is 0.656. The first-order chi connectivity index (χ1) is 8.72. The van der Waals surface area contributed by atoms with Gasteiger partial charge in [-0.3, -0.25) is 11.3 Å². The van der Waals surface area contributed by atoms with Crippen molar-refractivity contribution in [3.8, 4) is 0 Å². The zero-order chi connectivity index (χ0) is 13.0. The van der Waals surface area contributed by atoms with Crippen molar-refractivity contribution >= 4 is 11.6 Å². The normalized spacial score (nSPS) is 12.4. The second kappa shape index (κ2) is 5.86. The Morgan fingerprint density at radius 3 is 2.72 bits per heavy atom. The van der Waals surface area contributed by atoms with Crippen molar-refractivity contribution in [3.05, 3.63) is 58.9 Å². The highest BCUT2D eigenvalue weighted by Gasteiger charge is 2.14. The van der Waals surface area contributed by atoms with Gasteiger partial charge in [0.05, 0.1) is 11.1 Å². The highest BCUT2D eigenvalue weighted by Crippen LogP contribution is 2.24. The van der Waals surface area contributed by atoms with E-state index < -0.39 is 5.82 Å². The summed E-state index contributed by atoms with van der Waals surface area (Å²) in [6, 6.07) is 4.48. The van der Waals surface area contributed by atoms with Gasteiger partial charge in [0.25, 0.3) is 0 Å². The number of halogens is 2. The van der Waals surface area contributed by atoms with E-state index in [0.29, 0.717) is 12.0 Å². The van der Waals surface area contributed by atoms with Gasteiger partial charge < -0.3 is 0 Å². The molecule has 1 unspecified atom stereocenters. The van der Waals surface area contributed by atoms with E-state index in [2.05, 4.69) is 15.4 Å². The summed E-state index contributed by atoms with van der Waals surface area (Å²) in [5, 5.41) is 0.120. The van der Waals surface area contributed by atoms with Crippen molar-refractivity contribution in [1.82, 2.24) is 15.4 Å². The van der Waals surface area contributed by atoms with E-state index in [9.17, 15) is 4.39 Å². The van der Waals surface area contributed by atoms with Crippen LogP contribution in [0, 0.1) is 5.82 Å². The first-order valence-electron chi connectivity index (χ1n) is 5.36. The maximum atomic E-state index is 13.3. The summed E-state index contributed by atoms with van der Waals surface area (Å²) in [6.07, 6.45) is 5.21. The highest BCUT2D eigenvalue weighted by molar-refractivity contribution is 6.31. The Bertz CT molecular complexity index is 521. The molecule has 0 aliphatic rings. The van der Waals surface area contributed by atoms with Gasteiger partial charge in [0, 0.05) is 18.0 Å². The summed E-state index contributed by atoms with van der Waals surface area (Å²) in [5.41, 5.74) is 4.16. The molecule has 2 rings (SSSR count). The molecule has 4 nitrogen and oxygen atoms in total. The third-order valence-corrected chi connectivity index (χ3v) is 3.06. The first-order valence-corrected chi connectivity index (χ1v) is 5.74. The van der Waals surface area contributed by atoms with Crippen LogP contribution in [-0.4, -0.2) is 9.97 Å². The van der Waals surface area contributed by atoms with E-state index in [1.165, 1.54) is 12.4 Å². The summed E-state index contributed by atoms with van der Waals surface area (Å²) in [6.45, 7) is 0. The smallest absolute Gasteiger partial charge is 0.142 e. The zero-order valence-electron chi connectivity index (χ0n) is 9.48. The SMILES string of the molecule is NNC(Cc1cccc(F)c1Cl)c1cncnc1. The van der Waals surface area contributed by atoms with E-state index in [1.54, 1.807) is 24.5 Å². The van der Waals surface area contributed by atoms with Crippen LogP contribution in [0.25, 0.3) is 0 Å². The molecule has 18 heavy (non-hydrogen) atoms. The van der Waals surface area contributed by atoms with Crippen molar-refractivity contribution in [3.63, 3.8) is 0 Å². The minimum absolute atomic E-state index is 0.120. The highest BCUT2D eigenvalue weighted by atomic mass is 35.5. The predicted molar refractivity (Wildman–Crippen MR) is 67.2 cm³/mol. The Morgan fingerprint density at radius 1 is 1.33 bits per heavy atom. The molecule has 0 bridgehead atoms. The van der Waals surface area contributed by atoms with Crippen molar-refractivity contribution in [1.29, 1.82) is 0 Å². The van der Waals surface area contributed by atoms with E-state index in [4.69, 9.17) is 17.4 Å². The Balaban J connectivity index is 2.24. The molecule has 0 radical (unpaired) electrons. The molecule has 3 N–H and O–H groups in total. The number of hydrazine groups is 1. The third kappa shape index (κ3) is 2.81. The number of hydrogen-bond acceptors (Lipinski definition) is 4. The van der Waals surface area contributed by atoms with Crippen LogP contribution in [0.5, 0.6) is 0 Å². The molecule has 0 saturated heterocycles. The second-order valence-electron chi connectivity index (χ2n) is 3.81.